The molecule has 3 aromatic rings. The van der Waals surface area contributed by atoms with Crippen molar-refractivity contribution >= 4 is 18.1 Å². The van der Waals surface area contributed by atoms with Crippen molar-refractivity contribution in [1.82, 2.24) is 24.6 Å². The lowest BCUT2D eigenvalue weighted by Gasteiger charge is -2.36. The zero-order chi connectivity index (χ0) is 15.6. The van der Waals surface area contributed by atoms with Crippen molar-refractivity contribution in [3.63, 3.8) is 0 Å². The lowest BCUT2D eigenvalue weighted by molar-refractivity contribution is 0.151. The van der Waals surface area contributed by atoms with Crippen LogP contribution in [0.5, 0.6) is 0 Å². The second-order valence-electron chi connectivity index (χ2n) is 6.08. The summed E-state index contributed by atoms with van der Waals surface area (Å²) in [4.78, 5) is 11.2. The molecule has 126 valence electrons. The summed E-state index contributed by atoms with van der Waals surface area (Å²) < 4.78 is 2.26. The van der Waals surface area contributed by atoms with Crippen LogP contribution in [0.4, 0.5) is 0 Å². The predicted octanol–water partition coefficient (Wildman–Crippen LogP) is 2.61. The summed E-state index contributed by atoms with van der Waals surface area (Å²) in [5.41, 5.74) is 4.82. The molecule has 1 atom stereocenters. The van der Waals surface area contributed by atoms with Crippen molar-refractivity contribution in [2.45, 2.75) is 19.5 Å². The van der Waals surface area contributed by atoms with Crippen LogP contribution in [0.15, 0.2) is 48.9 Å². The zero-order valence-corrected chi connectivity index (χ0v) is 14.5. The summed E-state index contributed by atoms with van der Waals surface area (Å²) in [6.07, 6.45) is 5.76. The number of nitrogens with zero attached hydrogens (tertiary/aromatic N) is 4. The Morgan fingerprint density at radius 2 is 2.04 bits per heavy atom. The molecule has 3 aromatic heterocycles. The number of hydrogen-bond acceptors (Lipinski definition) is 4. The number of rotatable bonds is 3. The molecule has 0 bridgehead atoms. The molecule has 1 aliphatic heterocycles. The van der Waals surface area contributed by atoms with Gasteiger partial charge in [0, 0.05) is 50.3 Å². The number of nitrogens with one attached hydrogen (secondary N) is 1. The molecule has 0 saturated carbocycles. The van der Waals surface area contributed by atoms with E-state index in [1.807, 2.05) is 18.6 Å². The minimum atomic E-state index is 0. The third kappa shape index (κ3) is 3.15. The van der Waals surface area contributed by atoms with Crippen molar-refractivity contribution in [1.29, 1.82) is 0 Å². The van der Waals surface area contributed by atoms with Gasteiger partial charge in [-0.2, -0.15) is 0 Å². The molecule has 0 spiro atoms. The minimum Gasteiger partial charge on any atom is -0.314 e. The second-order valence-corrected chi connectivity index (χ2v) is 6.08. The fourth-order valence-electron chi connectivity index (χ4n) is 3.45. The van der Waals surface area contributed by atoms with E-state index >= 15 is 0 Å². The first kappa shape index (κ1) is 16.9. The molecule has 1 saturated heterocycles. The Balaban J connectivity index is 0.00000169. The predicted molar refractivity (Wildman–Crippen MR) is 97.4 cm³/mol. The maximum Gasteiger partial charge on any atom is 0.137 e. The Hall–Kier alpha value is -1.95. The van der Waals surface area contributed by atoms with Gasteiger partial charge in [-0.05, 0) is 36.8 Å². The first-order valence-corrected chi connectivity index (χ1v) is 8.09. The van der Waals surface area contributed by atoms with Gasteiger partial charge in [0.1, 0.15) is 5.65 Å². The fourth-order valence-corrected chi connectivity index (χ4v) is 3.45. The van der Waals surface area contributed by atoms with E-state index in [0.29, 0.717) is 6.04 Å². The molecule has 1 fully saturated rings. The van der Waals surface area contributed by atoms with Crippen LogP contribution in [0.2, 0.25) is 0 Å². The Bertz CT molecular complexity index is 802. The average Bonchev–Trinajstić information content (AvgIpc) is 3.01. The van der Waals surface area contributed by atoms with Crippen molar-refractivity contribution < 1.29 is 0 Å². The number of piperazine rings is 1. The van der Waals surface area contributed by atoms with Crippen LogP contribution in [0.1, 0.15) is 23.0 Å². The zero-order valence-electron chi connectivity index (χ0n) is 13.7. The van der Waals surface area contributed by atoms with Gasteiger partial charge in [0.2, 0.25) is 0 Å². The number of hydrogen-bond donors (Lipinski definition) is 1. The van der Waals surface area contributed by atoms with Crippen LogP contribution in [0.25, 0.3) is 5.65 Å². The highest BCUT2D eigenvalue weighted by atomic mass is 35.5. The fraction of sp³-hybridized carbons (Fsp3) is 0.333. The van der Waals surface area contributed by atoms with Gasteiger partial charge >= 0.3 is 0 Å². The van der Waals surface area contributed by atoms with Gasteiger partial charge in [-0.25, -0.2) is 4.98 Å². The summed E-state index contributed by atoms with van der Waals surface area (Å²) in [6, 6.07) is 10.9. The summed E-state index contributed by atoms with van der Waals surface area (Å²) in [7, 11) is 0. The summed E-state index contributed by atoms with van der Waals surface area (Å²) in [5, 5.41) is 3.51. The summed E-state index contributed by atoms with van der Waals surface area (Å²) in [6.45, 7) is 6.07. The maximum absolute atomic E-state index is 4.55. The molecule has 1 aliphatic rings. The van der Waals surface area contributed by atoms with Crippen molar-refractivity contribution in [2.75, 3.05) is 19.6 Å². The number of fused-ring (bicyclic) bond motifs is 1. The van der Waals surface area contributed by atoms with Gasteiger partial charge in [0.25, 0.3) is 0 Å². The lowest BCUT2D eigenvalue weighted by Crippen LogP contribution is -2.45. The SMILES string of the molecule is Cc1cccc2ncc(CN3CCNCC3c3ccncc3)n12.Cl. The van der Waals surface area contributed by atoms with E-state index in [-0.39, 0.29) is 12.4 Å². The molecule has 4 rings (SSSR count). The van der Waals surface area contributed by atoms with Gasteiger partial charge in [-0.3, -0.25) is 9.88 Å². The topological polar surface area (TPSA) is 45.5 Å². The first-order valence-electron chi connectivity index (χ1n) is 8.09. The van der Waals surface area contributed by atoms with E-state index in [4.69, 9.17) is 0 Å². The standard InChI is InChI=1S/C18H21N5.ClH/c1-14-3-2-4-18-21-11-16(23(14)18)13-22-10-9-20-12-17(22)15-5-7-19-8-6-15;/h2-8,11,17,20H,9-10,12-13H2,1H3;1H. The van der Waals surface area contributed by atoms with Crippen molar-refractivity contribution in [3.8, 4) is 0 Å². The third-order valence-corrected chi connectivity index (χ3v) is 4.61. The van der Waals surface area contributed by atoms with E-state index in [2.05, 4.69) is 61.8 Å². The molecule has 1 N–H and O–H groups in total. The van der Waals surface area contributed by atoms with Gasteiger partial charge < -0.3 is 9.72 Å². The van der Waals surface area contributed by atoms with Gasteiger partial charge in [0.05, 0.1) is 11.9 Å². The molecule has 5 nitrogen and oxygen atoms in total. The third-order valence-electron chi connectivity index (χ3n) is 4.61. The van der Waals surface area contributed by atoms with Gasteiger partial charge in [0.15, 0.2) is 0 Å². The Morgan fingerprint density at radius 3 is 2.88 bits per heavy atom. The maximum atomic E-state index is 4.55. The number of aryl methyl sites for hydroxylation is 1. The van der Waals surface area contributed by atoms with E-state index in [9.17, 15) is 0 Å². The quantitative estimate of drug-likeness (QED) is 0.794. The van der Waals surface area contributed by atoms with Crippen molar-refractivity contribution in [2.24, 2.45) is 0 Å². The number of imidazole rings is 1. The van der Waals surface area contributed by atoms with Crippen LogP contribution in [-0.4, -0.2) is 38.9 Å². The first-order chi connectivity index (χ1) is 11.3. The summed E-state index contributed by atoms with van der Waals surface area (Å²) >= 11 is 0. The van der Waals surface area contributed by atoms with Crippen LogP contribution < -0.4 is 5.32 Å². The Kier molecular flexibility index (Phi) is 5.14. The van der Waals surface area contributed by atoms with Crippen LogP contribution in [-0.2, 0) is 6.54 Å². The summed E-state index contributed by atoms with van der Waals surface area (Å²) in [5.74, 6) is 0. The van der Waals surface area contributed by atoms with Gasteiger partial charge in [-0.1, -0.05) is 6.07 Å². The number of aromatic nitrogens is 3. The lowest BCUT2D eigenvalue weighted by atomic mass is 10.0. The minimum absolute atomic E-state index is 0. The Labute approximate surface area is 148 Å². The highest BCUT2D eigenvalue weighted by molar-refractivity contribution is 5.85. The highest BCUT2D eigenvalue weighted by Gasteiger charge is 2.24. The average molecular weight is 344 g/mol. The molecule has 1 unspecified atom stereocenters. The molecular formula is C18H22ClN5. The van der Waals surface area contributed by atoms with E-state index in [1.165, 1.54) is 17.0 Å². The molecular weight excluding hydrogens is 322 g/mol. The van der Waals surface area contributed by atoms with Crippen LogP contribution >= 0.6 is 12.4 Å². The van der Waals surface area contributed by atoms with E-state index < -0.39 is 0 Å². The molecule has 4 heterocycles. The molecule has 0 amide bonds. The molecule has 24 heavy (non-hydrogen) atoms. The van der Waals surface area contributed by atoms with Gasteiger partial charge in [-0.15, -0.1) is 12.4 Å². The molecule has 6 heteroatoms. The number of pyridine rings is 2. The largest absolute Gasteiger partial charge is 0.314 e. The van der Waals surface area contributed by atoms with E-state index in [1.54, 1.807) is 0 Å². The molecule has 0 aromatic carbocycles. The highest BCUT2D eigenvalue weighted by Crippen LogP contribution is 2.24. The number of halogens is 1. The normalized spacial score (nSPS) is 18.5. The van der Waals surface area contributed by atoms with E-state index in [0.717, 1.165) is 31.8 Å². The molecule has 0 radical (unpaired) electrons. The second kappa shape index (κ2) is 7.30. The van der Waals surface area contributed by atoms with Crippen LogP contribution in [0.3, 0.4) is 0 Å². The Morgan fingerprint density at radius 1 is 1.21 bits per heavy atom. The monoisotopic (exact) mass is 343 g/mol. The van der Waals surface area contributed by atoms with Crippen LogP contribution in [0, 0.1) is 6.92 Å². The molecule has 0 aliphatic carbocycles. The smallest absolute Gasteiger partial charge is 0.137 e. The van der Waals surface area contributed by atoms with Crippen molar-refractivity contribution in [3.05, 3.63) is 65.9 Å².